The van der Waals surface area contributed by atoms with Gasteiger partial charge in [0.05, 0.1) is 6.61 Å². The summed E-state index contributed by atoms with van der Waals surface area (Å²) in [6.45, 7) is 7.76. The van der Waals surface area contributed by atoms with E-state index in [1.54, 1.807) is 0 Å². The summed E-state index contributed by atoms with van der Waals surface area (Å²) >= 11 is 0. The molecular formula is C51H96O5. The van der Waals surface area contributed by atoms with Gasteiger partial charge in [-0.1, -0.05) is 225 Å². The van der Waals surface area contributed by atoms with Crippen molar-refractivity contribution in [1.29, 1.82) is 0 Å². The van der Waals surface area contributed by atoms with Crippen LogP contribution in [-0.4, -0.2) is 37.9 Å². The molecule has 0 spiro atoms. The largest absolute Gasteiger partial charge is 0.462 e. The second-order valence-electron chi connectivity index (χ2n) is 16.7. The zero-order valence-electron chi connectivity index (χ0n) is 37.9. The molecule has 0 saturated carbocycles. The van der Waals surface area contributed by atoms with Gasteiger partial charge in [-0.3, -0.25) is 9.59 Å². The van der Waals surface area contributed by atoms with E-state index in [2.05, 4.69) is 45.1 Å². The normalized spacial score (nSPS) is 12.3. The van der Waals surface area contributed by atoms with Gasteiger partial charge in [-0.05, 0) is 51.4 Å². The summed E-state index contributed by atoms with van der Waals surface area (Å²) in [5.74, 6) is -0.399. The van der Waals surface area contributed by atoms with Crippen LogP contribution in [0, 0.1) is 0 Å². The lowest BCUT2D eigenvalue weighted by molar-refractivity contribution is -0.163. The molecule has 0 bridgehead atoms. The second kappa shape index (κ2) is 47.8. The van der Waals surface area contributed by atoms with Crippen LogP contribution in [0.4, 0.5) is 0 Å². The fourth-order valence-electron chi connectivity index (χ4n) is 7.25. The lowest BCUT2D eigenvalue weighted by Crippen LogP contribution is -2.30. The van der Waals surface area contributed by atoms with E-state index in [1.807, 2.05) is 0 Å². The van der Waals surface area contributed by atoms with Gasteiger partial charge >= 0.3 is 11.9 Å². The Morgan fingerprint density at radius 2 is 0.750 bits per heavy atom. The number of allylic oxidation sites excluding steroid dienone is 4. The van der Waals surface area contributed by atoms with Gasteiger partial charge < -0.3 is 14.2 Å². The van der Waals surface area contributed by atoms with Crippen LogP contribution in [0.3, 0.4) is 0 Å². The van der Waals surface area contributed by atoms with Crippen molar-refractivity contribution >= 4 is 11.9 Å². The maximum absolute atomic E-state index is 12.6. The number of ether oxygens (including phenoxy) is 3. The minimum Gasteiger partial charge on any atom is -0.462 e. The van der Waals surface area contributed by atoms with Gasteiger partial charge in [0.2, 0.25) is 0 Å². The van der Waals surface area contributed by atoms with E-state index in [-0.39, 0.29) is 25.2 Å². The van der Waals surface area contributed by atoms with Gasteiger partial charge in [0.1, 0.15) is 6.61 Å². The molecule has 1 unspecified atom stereocenters. The molecule has 330 valence electrons. The SMILES string of the molecule is CCCCC/C=C\C/C=C\CCCCCCCCCCOCC(COC(=O)CCCCCCCCCCCCCCCCCCC)OC(=O)CCCCCCC. The van der Waals surface area contributed by atoms with E-state index in [1.165, 1.54) is 180 Å². The molecular weight excluding hydrogens is 693 g/mol. The lowest BCUT2D eigenvalue weighted by Gasteiger charge is -2.18. The fraction of sp³-hybridized carbons (Fsp3) is 0.882. The average Bonchev–Trinajstić information content (AvgIpc) is 3.20. The predicted molar refractivity (Wildman–Crippen MR) is 242 cm³/mol. The molecule has 0 radical (unpaired) electrons. The predicted octanol–water partition coefficient (Wildman–Crippen LogP) is 16.5. The van der Waals surface area contributed by atoms with Crippen molar-refractivity contribution in [3.8, 4) is 0 Å². The van der Waals surface area contributed by atoms with Crippen molar-refractivity contribution in [2.45, 2.75) is 271 Å². The molecule has 0 fully saturated rings. The van der Waals surface area contributed by atoms with Crippen LogP contribution in [0.25, 0.3) is 0 Å². The highest BCUT2D eigenvalue weighted by Gasteiger charge is 2.17. The standard InChI is InChI=1S/C51H96O5/c1-4-7-10-13-15-17-19-21-23-25-27-29-31-33-35-37-40-43-46-54-47-49(56-51(53)45-42-38-12-9-6-3)48-55-50(52)44-41-39-36-34-32-30-28-26-24-22-20-18-16-14-11-8-5-2/h15,17,21,23,49H,4-14,16,18-20,22,24-48H2,1-3H3/b17-15-,23-21-. The highest BCUT2D eigenvalue weighted by Crippen LogP contribution is 2.15. The molecule has 0 N–H and O–H groups in total. The van der Waals surface area contributed by atoms with Gasteiger partial charge in [-0.25, -0.2) is 0 Å². The molecule has 0 saturated heterocycles. The molecule has 5 heteroatoms. The van der Waals surface area contributed by atoms with Crippen molar-refractivity contribution in [3.05, 3.63) is 24.3 Å². The van der Waals surface area contributed by atoms with Crippen LogP contribution in [0.15, 0.2) is 24.3 Å². The summed E-state index contributed by atoms with van der Waals surface area (Å²) in [5.41, 5.74) is 0. The maximum atomic E-state index is 12.6. The van der Waals surface area contributed by atoms with Crippen LogP contribution < -0.4 is 0 Å². The van der Waals surface area contributed by atoms with Crippen molar-refractivity contribution in [2.24, 2.45) is 0 Å². The zero-order valence-corrected chi connectivity index (χ0v) is 37.9. The number of rotatable bonds is 46. The van der Waals surface area contributed by atoms with E-state index < -0.39 is 6.10 Å². The summed E-state index contributed by atoms with van der Waals surface area (Å²) in [7, 11) is 0. The van der Waals surface area contributed by atoms with E-state index in [9.17, 15) is 9.59 Å². The first-order valence-electron chi connectivity index (χ1n) is 24.9. The van der Waals surface area contributed by atoms with E-state index >= 15 is 0 Å². The van der Waals surface area contributed by atoms with Crippen LogP contribution >= 0.6 is 0 Å². The highest BCUT2D eigenvalue weighted by atomic mass is 16.6. The summed E-state index contributed by atoms with van der Waals surface area (Å²) in [6.07, 6.45) is 55.0. The van der Waals surface area contributed by atoms with Crippen molar-refractivity contribution in [3.63, 3.8) is 0 Å². The first-order chi connectivity index (χ1) is 27.6. The van der Waals surface area contributed by atoms with Crippen LogP contribution in [0.5, 0.6) is 0 Å². The zero-order chi connectivity index (χ0) is 40.7. The highest BCUT2D eigenvalue weighted by molar-refractivity contribution is 5.70. The summed E-state index contributed by atoms with van der Waals surface area (Å²) in [4.78, 5) is 25.1. The summed E-state index contributed by atoms with van der Waals surface area (Å²) in [5, 5.41) is 0. The van der Waals surface area contributed by atoms with Gasteiger partial charge in [0, 0.05) is 19.4 Å². The number of unbranched alkanes of at least 4 members (excludes halogenated alkanes) is 31. The van der Waals surface area contributed by atoms with E-state index in [0.717, 1.165) is 51.4 Å². The fourth-order valence-corrected chi connectivity index (χ4v) is 7.25. The Kier molecular flexibility index (Phi) is 46.4. The topological polar surface area (TPSA) is 61.8 Å². The quantitative estimate of drug-likeness (QED) is 0.0349. The summed E-state index contributed by atoms with van der Waals surface area (Å²) < 4.78 is 17.3. The first-order valence-corrected chi connectivity index (χ1v) is 24.9. The van der Waals surface area contributed by atoms with Crippen molar-refractivity contribution in [1.82, 2.24) is 0 Å². The number of esters is 2. The second-order valence-corrected chi connectivity index (χ2v) is 16.7. The lowest BCUT2D eigenvalue weighted by atomic mass is 10.0. The molecule has 0 amide bonds. The third-order valence-corrected chi connectivity index (χ3v) is 11.0. The third-order valence-electron chi connectivity index (χ3n) is 11.0. The molecule has 1 atom stereocenters. The minimum atomic E-state index is -0.528. The Bertz CT molecular complexity index is 851. The van der Waals surface area contributed by atoms with Gasteiger partial charge in [-0.2, -0.15) is 0 Å². The van der Waals surface area contributed by atoms with Crippen LogP contribution in [0.1, 0.15) is 265 Å². The molecule has 0 aliphatic rings. The van der Waals surface area contributed by atoms with Gasteiger partial charge in [-0.15, -0.1) is 0 Å². The van der Waals surface area contributed by atoms with E-state index in [0.29, 0.717) is 19.4 Å². The number of hydrogen-bond acceptors (Lipinski definition) is 5. The monoisotopic (exact) mass is 789 g/mol. The Morgan fingerprint density at radius 1 is 0.393 bits per heavy atom. The Hall–Kier alpha value is -1.62. The molecule has 0 aromatic rings. The Balaban J connectivity index is 3.99. The molecule has 0 aromatic carbocycles. The summed E-state index contributed by atoms with van der Waals surface area (Å²) in [6, 6.07) is 0. The number of carbonyl (C=O) groups excluding carboxylic acids is 2. The molecule has 56 heavy (non-hydrogen) atoms. The molecule has 0 rings (SSSR count). The molecule has 0 aliphatic heterocycles. The number of hydrogen-bond donors (Lipinski definition) is 0. The van der Waals surface area contributed by atoms with Crippen molar-refractivity contribution in [2.75, 3.05) is 19.8 Å². The van der Waals surface area contributed by atoms with Gasteiger partial charge in [0.15, 0.2) is 6.10 Å². The Labute approximate surface area is 349 Å². The number of carbonyl (C=O) groups is 2. The van der Waals surface area contributed by atoms with Crippen molar-refractivity contribution < 1.29 is 23.8 Å². The van der Waals surface area contributed by atoms with E-state index in [4.69, 9.17) is 14.2 Å². The maximum Gasteiger partial charge on any atom is 0.306 e. The molecule has 0 aliphatic carbocycles. The smallest absolute Gasteiger partial charge is 0.306 e. The van der Waals surface area contributed by atoms with Crippen LogP contribution in [-0.2, 0) is 23.8 Å². The molecule has 0 heterocycles. The Morgan fingerprint density at radius 3 is 1.21 bits per heavy atom. The minimum absolute atomic E-state index is 0.0886. The molecule has 5 nitrogen and oxygen atoms in total. The average molecular weight is 789 g/mol. The third kappa shape index (κ3) is 45.1. The molecule has 0 aromatic heterocycles. The van der Waals surface area contributed by atoms with Crippen LogP contribution in [0.2, 0.25) is 0 Å². The van der Waals surface area contributed by atoms with Gasteiger partial charge in [0.25, 0.3) is 0 Å². The first kappa shape index (κ1) is 54.4.